The van der Waals surface area contributed by atoms with Gasteiger partial charge in [0.2, 0.25) is 0 Å². The number of anilines is 1. The fraction of sp³-hybridized carbons (Fsp3) is 0.556. The Labute approximate surface area is 96.5 Å². The van der Waals surface area contributed by atoms with Crippen LogP contribution in [0.4, 0.5) is 5.82 Å². The number of aliphatic hydroxyl groups is 3. The third-order valence-corrected chi connectivity index (χ3v) is 2.73. The summed E-state index contributed by atoms with van der Waals surface area (Å²) in [4.78, 5) is 3.73. The molecular weight excluding hydrogens is 228 g/mol. The zero-order valence-corrected chi connectivity index (χ0v) is 8.76. The summed E-state index contributed by atoms with van der Waals surface area (Å²) in [5.41, 5.74) is 5.65. The molecule has 4 atom stereocenters. The van der Waals surface area contributed by atoms with Gasteiger partial charge in [-0.3, -0.25) is 4.57 Å². The number of nitrogen functional groups attached to an aromatic ring is 1. The van der Waals surface area contributed by atoms with Crippen molar-refractivity contribution in [3.8, 4) is 6.07 Å². The molecule has 17 heavy (non-hydrogen) atoms. The first-order valence-corrected chi connectivity index (χ1v) is 4.95. The molecule has 0 bridgehead atoms. The van der Waals surface area contributed by atoms with E-state index >= 15 is 0 Å². The zero-order valence-electron chi connectivity index (χ0n) is 8.76. The van der Waals surface area contributed by atoms with Crippen molar-refractivity contribution in [1.82, 2.24) is 9.55 Å². The van der Waals surface area contributed by atoms with Crippen LogP contribution in [0.3, 0.4) is 0 Å². The molecule has 0 amide bonds. The van der Waals surface area contributed by atoms with E-state index < -0.39 is 31.1 Å². The zero-order chi connectivity index (χ0) is 12.6. The monoisotopic (exact) mass is 240 g/mol. The largest absolute Gasteiger partial charge is 0.394 e. The van der Waals surface area contributed by atoms with Crippen LogP contribution < -0.4 is 5.73 Å². The van der Waals surface area contributed by atoms with Gasteiger partial charge in [0.1, 0.15) is 36.5 Å². The number of aromatic nitrogens is 2. The van der Waals surface area contributed by atoms with Crippen LogP contribution in [0.5, 0.6) is 0 Å². The van der Waals surface area contributed by atoms with Gasteiger partial charge in [-0.2, -0.15) is 5.26 Å². The van der Waals surface area contributed by atoms with E-state index in [1.54, 1.807) is 6.07 Å². The maximum Gasteiger partial charge on any atom is 0.182 e. The summed E-state index contributed by atoms with van der Waals surface area (Å²) in [5, 5.41) is 36.9. The van der Waals surface area contributed by atoms with E-state index in [0.29, 0.717) is 0 Å². The molecule has 1 aliphatic heterocycles. The minimum Gasteiger partial charge on any atom is -0.394 e. The van der Waals surface area contributed by atoms with Crippen LogP contribution in [-0.2, 0) is 4.74 Å². The Hall–Kier alpha value is -1.66. The first-order valence-electron chi connectivity index (χ1n) is 4.95. The fourth-order valence-corrected chi connectivity index (χ4v) is 1.77. The molecule has 0 radical (unpaired) electrons. The normalized spacial score (nSPS) is 32.6. The van der Waals surface area contributed by atoms with Crippen molar-refractivity contribution < 1.29 is 20.1 Å². The van der Waals surface area contributed by atoms with Crippen molar-refractivity contribution in [1.29, 1.82) is 5.26 Å². The molecule has 8 heteroatoms. The van der Waals surface area contributed by atoms with Crippen LogP contribution in [-0.4, -0.2) is 49.8 Å². The number of hydrogen-bond donors (Lipinski definition) is 4. The molecule has 0 unspecified atom stereocenters. The molecule has 92 valence electrons. The molecule has 5 N–H and O–H groups in total. The Morgan fingerprint density at radius 3 is 2.71 bits per heavy atom. The van der Waals surface area contributed by atoms with E-state index in [1.165, 1.54) is 10.9 Å². The molecule has 1 saturated heterocycles. The molecule has 2 rings (SSSR count). The smallest absolute Gasteiger partial charge is 0.182 e. The van der Waals surface area contributed by atoms with Gasteiger partial charge in [0.05, 0.1) is 6.61 Å². The highest BCUT2D eigenvalue weighted by Crippen LogP contribution is 2.31. The molecule has 1 aromatic rings. The van der Waals surface area contributed by atoms with Crippen LogP contribution in [0.15, 0.2) is 6.33 Å². The maximum absolute atomic E-state index is 9.75. The minimum atomic E-state index is -1.24. The minimum absolute atomic E-state index is 0.0164. The van der Waals surface area contributed by atoms with Gasteiger partial charge < -0.3 is 25.8 Å². The number of imidazole rings is 1. The lowest BCUT2D eigenvalue weighted by molar-refractivity contribution is -0.0518. The second-order valence-electron chi connectivity index (χ2n) is 3.73. The highest BCUT2D eigenvalue weighted by atomic mass is 16.6. The number of rotatable bonds is 2. The summed E-state index contributed by atoms with van der Waals surface area (Å²) in [7, 11) is 0. The van der Waals surface area contributed by atoms with Gasteiger partial charge in [-0.05, 0) is 0 Å². The summed E-state index contributed by atoms with van der Waals surface area (Å²) >= 11 is 0. The molecule has 0 spiro atoms. The fourth-order valence-electron chi connectivity index (χ4n) is 1.77. The number of nitrogens with two attached hydrogens (primary N) is 1. The molecule has 0 saturated carbocycles. The number of aliphatic hydroxyl groups excluding tert-OH is 3. The summed E-state index contributed by atoms with van der Waals surface area (Å²) in [6.45, 7) is -0.422. The Morgan fingerprint density at radius 2 is 2.24 bits per heavy atom. The second kappa shape index (κ2) is 4.31. The maximum atomic E-state index is 9.75. The molecule has 0 aromatic carbocycles. The summed E-state index contributed by atoms with van der Waals surface area (Å²) < 4.78 is 6.50. The molecule has 1 aromatic heterocycles. The molecular formula is C9H12N4O4. The Morgan fingerprint density at radius 1 is 1.53 bits per heavy atom. The lowest BCUT2D eigenvalue weighted by Gasteiger charge is -2.17. The molecule has 1 aliphatic rings. The summed E-state index contributed by atoms with van der Waals surface area (Å²) in [5.74, 6) is 0.0438. The summed E-state index contributed by atoms with van der Waals surface area (Å²) in [6, 6.07) is 1.78. The highest BCUT2D eigenvalue weighted by molar-refractivity contribution is 5.44. The van der Waals surface area contributed by atoms with Crippen LogP contribution in [0.1, 0.15) is 11.9 Å². The van der Waals surface area contributed by atoms with Gasteiger partial charge >= 0.3 is 0 Å². The summed E-state index contributed by atoms with van der Waals surface area (Å²) in [6.07, 6.45) is -3.06. The van der Waals surface area contributed by atoms with Crippen molar-refractivity contribution in [2.75, 3.05) is 12.3 Å². The van der Waals surface area contributed by atoms with Gasteiger partial charge in [0.15, 0.2) is 11.9 Å². The molecule has 8 nitrogen and oxygen atoms in total. The molecule has 0 aliphatic carbocycles. The van der Waals surface area contributed by atoms with E-state index in [1.807, 2.05) is 0 Å². The van der Waals surface area contributed by atoms with Crippen LogP contribution in [0.2, 0.25) is 0 Å². The standard InChI is InChI=1S/C9H12N4O4/c10-1-4-8(11)13(3-12-4)9-7(16)6(15)5(2-14)17-9/h3,5-7,9,14-16H,2,11H2/t5-,6-,7+,9-/m1/s1. The Balaban J connectivity index is 2.29. The van der Waals surface area contributed by atoms with Crippen molar-refractivity contribution in [2.45, 2.75) is 24.5 Å². The average Bonchev–Trinajstić information content (AvgIpc) is 2.82. The van der Waals surface area contributed by atoms with E-state index in [0.717, 1.165) is 0 Å². The number of nitrogens with zero attached hydrogens (tertiary/aromatic N) is 3. The quantitative estimate of drug-likeness (QED) is 0.466. The topological polar surface area (TPSA) is 138 Å². The lowest BCUT2D eigenvalue weighted by Crippen LogP contribution is -2.33. The average molecular weight is 240 g/mol. The third kappa shape index (κ3) is 1.75. The van der Waals surface area contributed by atoms with Crippen LogP contribution in [0, 0.1) is 11.3 Å². The predicted molar refractivity (Wildman–Crippen MR) is 54.4 cm³/mol. The van der Waals surface area contributed by atoms with Crippen LogP contribution >= 0.6 is 0 Å². The number of ether oxygens (including phenoxy) is 1. The van der Waals surface area contributed by atoms with Gasteiger partial charge in [-0.15, -0.1) is 0 Å². The number of nitriles is 1. The Bertz CT molecular complexity index is 454. The highest BCUT2D eigenvalue weighted by Gasteiger charge is 2.44. The Kier molecular flexibility index (Phi) is 2.99. The van der Waals surface area contributed by atoms with Gasteiger partial charge in [0, 0.05) is 0 Å². The number of hydrogen-bond acceptors (Lipinski definition) is 7. The first-order chi connectivity index (χ1) is 8.10. The van der Waals surface area contributed by atoms with E-state index in [2.05, 4.69) is 4.98 Å². The van der Waals surface area contributed by atoms with E-state index in [-0.39, 0.29) is 11.5 Å². The molecule has 1 fully saturated rings. The van der Waals surface area contributed by atoms with Gasteiger partial charge in [0.25, 0.3) is 0 Å². The van der Waals surface area contributed by atoms with Crippen molar-refractivity contribution in [3.05, 3.63) is 12.0 Å². The SMILES string of the molecule is N#Cc1ncn([C@@H]2O[C@H](CO)[C@@H](O)[C@@H]2O)c1N. The van der Waals surface area contributed by atoms with Crippen molar-refractivity contribution in [2.24, 2.45) is 0 Å². The lowest BCUT2D eigenvalue weighted by atomic mass is 10.1. The predicted octanol–water partition coefficient (Wildman–Crippen LogP) is -2.05. The van der Waals surface area contributed by atoms with E-state index in [9.17, 15) is 10.2 Å². The van der Waals surface area contributed by atoms with Crippen LogP contribution in [0.25, 0.3) is 0 Å². The van der Waals surface area contributed by atoms with Gasteiger partial charge in [-0.25, -0.2) is 4.98 Å². The molecule has 2 heterocycles. The van der Waals surface area contributed by atoms with Crippen molar-refractivity contribution in [3.63, 3.8) is 0 Å². The van der Waals surface area contributed by atoms with E-state index in [4.69, 9.17) is 20.8 Å². The first kappa shape index (κ1) is 11.8. The third-order valence-electron chi connectivity index (χ3n) is 2.73. The van der Waals surface area contributed by atoms with Gasteiger partial charge in [-0.1, -0.05) is 0 Å². The second-order valence-corrected chi connectivity index (χ2v) is 3.73. The van der Waals surface area contributed by atoms with Crippen molar-refractivity contribution >= 4 is 5.82 Å².